The Morgan fingerprint density at radius 1 is 1.71 bits per heavy atom. The van der Waals surface area contributed by atoms with Crippen molar-refractivity contribution in [2.45, 2.75) is 6.92 Å². The second kappa shape index (κ2) is 6.09. The number of phenolic OH excluding ortho intramolecular Hbond substituents is 1. The van der Waals surface area contributed by atoms with Crippen LogP contribution in [0.1, 0.15) is 12.5 Å². The number of amides is 2. The minimum absolute atomic E-state index is 0.0266. The maximum Gasteiger partial charge on any atom is 0.332 e. The first kappa shape index (κ1) is 13.3. The molecule has 0 aromatic heterocycles. The Bertz CT molecular complexity index is 449. The lowest BCUT2D eigenvalue weighted by Crippen LogP contribution is -2.24. The molecule has 0 aliphatic rings. The normalized spacial score (nSPS) is 10.5. The second-order valence-electron chi connectivity index (χ2n) is 3.01. The molecular formula is C10H12BrN3O3. The Kier molecular flexibility index (Phi) is 4.77. The number of urea groups is 1. The Hall–Kier alpha value is -1.76. The first-order valence-corrected chi connectivity index (χ1v) is 5.57. The van der Waals surface area contributed by atoms with Gasteiger partial charge < -0.3 is 15.6 Å². The molecule has 17 heavy (non-hydrogen) atoms. The lowest BCUT2D eigenvalue weighted by molar-refractivity contribution is 0.249. The molecule has 7 heteroatoms. The topological polar surface area (TPSA) is 96.9 Å². The number of carbonyl (C=O) groups excluding carboxylic acids is 1. The average Bonchev–Trinajstić information content (AvgIpc) is 2.24. The molecule has 0 bridgehead atoms. The molecule has 0 spiro atoms. The number of nitrogens with zero attached hydrogens (tertiary/aromatic N) is 1. The van der Waals surface area contributed by atoms with Crippen LogP contribution in [-0.4, -0.2) is 24.0 Å². The first-order valence-electron chi connectivity index (χ1n) is 4.78. The van der Waals surface area contributed by atoms with Gasteiger partial charge in [0.2, 0.25) is 0 Å². The van der Waals surface area contributed by atoms with E-state index in [0.717, 1.165) is 0 Å². The summed E-state index contributed by atoms with van der Waals surface area (Å²) in [5.74, 6) is 0.370. The summed E-state index contributed by atoms with van der Waals surface area (Å²) < 4.78 is 5.83. The van der Waals surface area contributed by atoms with Gasteiger partial charge in [0.05, 0.1) is 12.8 Å². The lowest BCUT2D eigenvalue weighted by Gasteiger charge is -2.07. The third kappa shape index (κ3) is 3.95. The van der Waals surface area contributed by atoms with Gasteiger partial charge in [-0.2, -0.15) is 5.10 Å². The van der Waals surface area contributed by atoms with Gasteiger partial charge >= 0.3 is 6.03 Å². The van der Waals surface area contributed by atoms with Gasteiger partial charge in [-0.05, 0) is 35.0 Å². The Morgan fingerprint density at radius 3 is 3.00 bits per heavy atom. The largest absolute Gasteiger partial charge is 0.504 e. The summed E-state index contributed by atoms with van der Waals surface area (Å²) in [5, 5.41) is 13.2. The standard InChI is InChI=1S/C10H12BrN3O3/c1-2-17-9-3-6(5-13-14-10(12)16)7(11)4-8(9)15/h3-5,15H,2H2,1H3,(H3,12,14,16)/b13-5-. The van der Waals surface area contributed by atoms with Crippen molar-refractivity contribution in [2.24, 2.45) is 10.8 Å². The van der Waals surface area contributed by atoms with Crippen molar-refractivity contribution in [3.8, 4) is 11.5 Å². The Labute approximate surface area is 107 Å². The molecule has 0 unspecified atom stereocenters. The molecule has 0 saturated carbocycles. The fraction of sp³-hybridized carbons (Fsp3) is 0.200. The number of hydrogen-bond donors (Lipinski definition) is 3. The maximum absolute atomic E-state index is 10.4. The molecule has 6 nitrogen and oxygen atoms in total. The van der Waals surface area contributed by atoms with Gasteiger partial charge in [0.25, 0.3) is 0 Å². The van der Waals surface area contributed by atoms with Crippen molar-refractivity contribution in [3.63, 3.8) is 0 Å². The van der Waals surface area contributed by atoms with Crippen LogP contribution in [0.5, 0.6) is 11.5 Å². The van der Waals surface area contributed by atoms with Crippen LogP contribution in [-0.2, 0) is 0 Å². The molecule has 0 aliphatic heterocycles. The van der Waals surface area contributed by atoms with E-state index in [9.17, 15) is 9.90 Å². The van der Waals surface area contributed by atoms with E-state index in [2.05, 4.69) is 26.5 Å². The zero-order valence-electron chi connectivity index (χ0n) is 9.11. The van der Waals surface area contributed by atoms with E-state index >= 15 is 0 Å². The van der Waals surface area contributed by atoms with Crippen LogP contribution in [0.15, 0.2) is 21.7 Å². The molecule has 0 fully saturated rings. The quantitative estimate of drug-likeness (QED) is 0.581. The van der Waals surface area contributed by atoms with Gasteiger partial charge in [-0.25, -0.2) is 10.2 Å². The first-order chi connectivity index (χ1) is 8.04. The minimum atomic E-state index is -0.749. The zero-order chi connectivity index (χ0) is 12.8. The van der Waals surface area contributed by atoms with E-state index in [1.54, 1.807) is 6.07 Å². The number of carbonyl (C=O) groups is 1. The predicted molar refractivity (Wildman–Crippen MR) is 67.3 cm³/mol. The third-order valence-electron chi connectivity index (χ3n) is 1.76. The van der Waals surface area contributed by atoms with Crippen molar-refractivity contribution in [1.29, 1.82) is 0 Å². The molecule has 0 heterocycles. The van der Waals surface area contributed by atoms with Gasteiger partial charge in [-0.3, -0.25) is 0 Å². The number of nitrogens with two attached hydrogens (primary N) is 1. The molecule has 92 valence electrons. The van der Waals surface area contributed by atoms with E-state index in [4.69, 9.17) is 10.5 Å². The van der Waals surface area contributed by atoms with Crippen molar-refractivity contribution in [3.05, 3.63) is 22.2 Å². The van der Waals surface area contributed by atoms with E-state index in [1.165, 1.54) is 12.3 Å². The van der Waals surface area contributed by atoms with Crippen LogP contribution < -0.4 is 15.9 Å². The number of rotatable bonds is 4. The summed E-state index contributed by atoms with van der Waals surface area (Å²) in [6, 6.07) is 2.33. The number of hydrogen-bond acceptors (Lipinski definition) is 4. The maximum atomic E-state index is 10.4. The summed E-state index contributed by atoms with van der Waals surface area (Å²) in [4.78, 5) is 10.4. The highest BCUT2D eigenvalue weighted by Crippen LogP contribution is 2.31. The van der Waals surface area contributed by atoms with E-state index in [-0.39, 0.29) is 5.75 Å². The van der Waals surface area contributed by atoms with Gasteiger partial charge in [0.1, 0.15) is 0 Å². The Morgan fingerprint density at radius 2 is 2.41 bits per heavy atom. The zero-order valence-corrected chi connectivity index (χ0v) is 10.7. The highest BCUT2D eigenvalue weighted by atomic mass is 79.9. The molecule has 0 aliphatic carbocycles. The van der Waals surface area contributed by atoms with Crippen LogP contribution in [0.25, 0.3) is 0 Å². The van der Waals surface area contributed by atoms with Crippen LogP contribution >= 0.6 is 15.9 Å². The molecule has 4 N–H and O–H groups in total. The second-order valence-corrected chi connectivity index (χ2v) is 3.86. The van der Waals surface area contributed by atoms with Gasteiger partial charge in [-0.1, -0.05) is 0 Å². The summed E-state index contributed by atoms with van der Waals surface area (Å²) in [7, 11) is 0. The van der Waals surface area contributed by atoms with Crippen LogP contribution in [0.3, 0.4) is 0 Å². The molecule has 0 saturated heterocycles. The molecular weight excluding hydrogens is 290 g/mol. The van der Waals surface area contributed by atoms with E-state index < -0.39 is 6.03 Å². The monoisotopic (exact) mass is 301 g/mol. The molecule has 1 aromatic rings. The summed E-state index contributed by atoms with van der Waals surface area (Å²) in [6.07, 6.45) is 1.39. The molecule has 2 amide bonds. The molecule has 1 rings (SSSR count). The molecule has 0 atom stereocenters. The van der Waals surface area contributed by atoms with Gasteiger partial charge in [0, 0.05) is 10.0 Å². The fourth-order valence-electron chi connectivity index (χ4n) is 1.09. The van der Waals surface area contributed by atoms with Crippen molar-refractivity contribution in [2.75, 3.05) is 6.61 Å². The van der Waals surface area contributed by atoms with Crippen molar-refractivity contribution in [1.82, 2.24) is 5.43 Å². The number of phenols is 1. The van der Waals surface area contributed by atoms with Crippen LogP contribution in [0, 0.1) is 0 Å². The fourth-order valence-corrected chi connectivity index (χ4v) is 1.53. The number of nitrogens with one attached hydrogen (secondary N) is 1. The smallest absolute Gasteiger partial charge is 0.332 e. The van der Waals surface area contributed by atoms with Gasteiger partial charge in [0.15, 0.2) is 11.5 Å². The average molecular weight is 302 g/mol. The summed E-state index contributed by atoms with van der Waals surface area (Å²) >= 11 is 3.25. The van der Waals surface area contributed by atoms with E-state index in [0.29, 0.717) is 22.4 Å². The molecule has 1 aromatic carbocycles. The van der Waals surface area contributed by atoms with Crippen molar-refractivity contribution >= 4 is 28.2 Å². The minimum Gasteiger partial charge on any atom is -0.504 e. The Balaban J connectivity index is 2.94. The number of halogens is 1. The third-order valence-corrected chi connectivity index (χ3v) is 2.44. The van der Waals surface area contributed by atoms with Crippen molar-refractivity contribution < 1.29 is 14.6 Å². The summed E-state index contributed by atoms with van der Waals surface area (Å²) in [5.41, 5.74) is 7.57. The predicted octanol–water partition coefficient (Wildman–Crippen LogP) is 1.56. The highest BCUT2D eigenvalue weighted by Gasteiger charge is 2.07. The van der Waals surface area contributed by atoms with Crippen LogP contribution in [0.2, 0.25) is 0 Å². The lowest BCUT2D eigenvalue weighted by atomic mass is 10.2. The number of ether oxygens (including phenoxy) is 1. The summed E-state index contributed by atoms with van der Waals surface area (Å²) in [6.45, 7) is 2.25. The number of aromatic hydroxyl groups is 1. The number of primary amides is 1. The SMILES string of the molecule is CCOc1cc(/C=N\NC(N)=O)c(Br)cc1O. The molecule has 0 radical (unpaired) electrons. The van der Waals surface area contributed by atoms with Gasteiger partial charge in [-0.15, -0.1) is 0 Å². The highest BCUT2D eigenvalue weighted by molar-refractivity contribution is 9.10. The van der Waals surface area contributed by atoms with Crippen LogP contribution in [0.4, 0.5) is 4.79 Å². The van der Waals surface area contributed by atoms with E-state index in [1.807, 2.05) is 6.92 Å². The number of benzene rings is 1. The number of hydrazone groups is 1.